The minimum Gasteiger partial charge on any atom is -0.496 e. The van der Waals surface area contributed by atoms with Crippen LogP contribution in [0.15, 0.2) is 53.2 Å². The molecule has 190 valence electrons. The molecule has 8 heteroatoms. The van der Waals surface area contributed by atoms with Gasteiger partial charge in [-0.3, -0.25) is 4.79 Å². The molecule has 4 rings (SSSR count). The summed E-state index contributed by atoms with van der Waals surface area (Å²) < 4.78 is 22.1. The van der Waals surface area contributed by atoms with Crippen molar-refractivity contribution in [2.75, 3.05) is 46.5 Å². The molecule has 2 amide bonds. The number of fused-ring (bicyclic) bond motifs is 1. The van der Waals surface area contributed by atoms with Crippen molar-refractivity contribution in [2.24, 2.45) is 0 Å². The molecular weight excluding hydrogens is 460 g/mol. The highest BCUT2D eigenvalue weighted by atomic mass is 16.6. The van der Waals surface area contributed by atoms with Crippen molar-refractivity contribution in [2.45, 2.75) is 20.8 Å². The highest BCUT2D eigenvalue weighted by Crippen LogP contribution is 2.37. The zero-order valence-electron chi connectivity index (χ0n) is 21.2. The second kappa shape index (κ2) is 11.2. The van der Waals surface area contributed by atoms with E-state index in [1.54, 1.807) is 36.2 Å². The fraction of sp³-hybridized carbons (Fsp3) is 0.357. The maximum Gasteiger partial charge on any atom is 0.409 e. The minimum atomic E-state index is -0.335. The lowest BCUT2D eigenvalue weighted by Gasteiger charge is -2.33. The molecule has 0 aliphatic carbocycles. The number of ether oxygens (including phenoxy) is 3. The topological polar surface area (TPSA) is 81.5 Å². The number of carbonyl (C=O) groups is 2. The maximum absolute atomic E-state index is 13.0. The molecule has 1 fully saturated rings. The number of nitrogens with zero attached hydrogens (tertiary/aromatic N) is 2. The zero-order valence-corrected chi connectivity index (χ0v) is 21.2. The monoisotopic (exact) mass is 492 g/mol. The summed E-state index contributed by atoms with van der Waals surface area (Å²) in [5.41, 5.74) is 4.26. The van der Waals surface area contributed by atoms with Gasteiger partial charge >= 0.3 is 6.09 Å². The van der Waals surface area contributed by atoms with Crippen LogP contribution in [0.3, 0.4) is 0 Å². The molecule has 1 saturated heterocycles. The van der Waals surface area contributed by atoms with E-state index in [-0.39, 0.29) is 12.0 Å². The van der Waals surface area contributed by atoms with E-state index in [4.69, 9.17) is 18.6 Å². The molecule has 2 heterocycles. The molecular formula is C28H32N2O6. The average Bonchev–Trinajstić information content (AvgIpc) is 3.31. The van der Waals surface area contributed by atoms with Crippen molar-refractivity contribution < 1.29 is 28.2 Å². The van der Waals surface area contributed by atoms with Crippen LogP contribution in [0.4, 0.5) is 4.79 Å². The van der Waals surface area contributed by atoms with Crippen LogP contribution in [-0.2, 0) is 9.53 Å². The van der Waals surface area contributed by atoms with Gasteiger partial charge in [0, 0.05) is 54.8 Å². The lowest BCUT2D eigenvalue weighted by molar-refractivity contribution is -0.127. The molecule has 8 nitrogen and oxygen atoms in total. The standard InChI is InChI=1S/C28H32N2O6/c1-5-34-21-9-7-20(8-10-21)24-18-36-26-17-25(33-4)22(16-23(24)26)19(3)15-27(31)29-11-13-30(14-12-29)28(32)35-6-2/h7-10,15-18H,5-6,11-14H2,1-4H3/b19-15+. The lowest BCUT2D eigenvalue weighted by Crippen LogP contribution is -2.50. The van der Waals surface area contributed by atoms with Gasteiger partial charge in [-0.2, -0.15) is 0 Å². The number of benzene rings is 2. The van der Waals surface area contributed by atoms with Gasteiger partial charge in [-0.05, 0) is 50.1 Å². The van der Waals surface area contributed by atoms with E-state index >= 15 is 0 Å². The van der Waals surface area contributed by atoms with E-state index in [1.807, 2.05) is 50.2 Å². The smallest absolute Gasteiger partial charge is 0.409 e. The second-order valence-electron chi connectivity index (χ2n) is 8.49. The van der Waals surface area contributed by atoms with E-state index in [9.17, 15) is 9.59 Å². The fourth-order valence-electron chi connectivity index (χ4n) is 4.33. The van der Waals surface area contributed by atoms with Gasteiger partial charge in [-0.15, -0.1) is 0 Å². The number of hydrogen-bond acceptors (Lipinski definition) is 6. The van der Waals surface area contributed by atoms with Crippen LogP contribution in [0.1, 0.15) is 26.3 Å². The van der Waals surface area contributed by atoms with Crippen molar-refractivity contribution in [3.8, 4) is 22.6 Å². The van der Waals surface area contributed by atoms with Gasteiger partial charge in [-0.1, -0.05) is 12.1 Å². The average molecular weight is 493 g/mol. The van der Waals surface area contributed by atoms with Gasteiger partial charge in [0.05, 0.1) is 26.6 Å². The summed E-state index contributed by atoms with van der Waals surface area (Å²) >= 11 is 0. The number of hydrogen-bond donors (Lipinski definition) is 0. The third-order valence-corrected chi connectivity index (χ3v) is 6.25. The Kier molecular flexibility index (Phi) is 7.83. The molecule has 1 aliphatic rings. The van der Waals surface area contributed by atoms with E-state index in [2.05, 4.69) is 0 Å². The van der Waals surface area contributed by atoms with Crippen molar-refractivity contribution >= 4 is 28.5 Å². The van der Waals surface area contributed by atoms with Crippen LogP contribution in [0, 0.1) is 0 Å². The highest BCUT2D eigenvalue weighted by molar-refractivity contribution is 6.00. The van der Waals surface area contributed by atoms with Gasteiger partial charge < -0.3 is 28.4 Å². The SMILES string of the molecule is CCOC(=O)N1CCN(C(=O)/C=C(\C)c2cc3c(-c4ccc(OCC)cc4)coc3cc2OC)CC1. The molecule has 0 atom stereocenters. The Labute approximate surface area is 211 Å². The summed E-state index contributed by atoms with van der Waals surface area (Å²) in [6.45, 7) is 8.40. The van der Waals surface area contributed by atoms with Crippen molar-refractivity contribution in [1.82, 2.24) is 9.80 Å². The number of allylic oxidation sites excluding steroid dienone is 1. The molecule has 0 saturated carbocycles. The van der Waals surface area contributed by atoms with Gasteiger partial charge in [0.25, 0.3) is 0 Å². The Morgan fingerprint density at radius 2 is 1.69 bits per heavy atom. The molecule has 2 aromatic carbocycles. The Balaban J connectivity index is 1.57. The van der Waals surface area contributed by atoms with Crippen molar-refractivity contribution in [3.05, 3.63) is 54.3 Å². The Morgan fingerprint density at radius 1 is 1.00 bits per heavy atom. The number of amides is 2. The predicted octanol–water partition coefficient (Wildman–Crippen LogP) is 5.21. The summed E-state index contributed by atoms with van der Waals surface area (Å²) in [5, 5.41) is 0.929. The summed E-state index contributed by atoms with van der Waals surface area (Å²) in [6.07, 6.45) is 3.02. The van der Waals surface area contributed by atoms with Crippen molar-refractivity contribution in [3.63, 3.8) is 0 Å². The Bertz CT molecular complexity index is 1250. The van der Waals surface area contributed by atoms with E-state index in [0.717, 1.165) is 33.4 Å². The van der Waals surface area contributed by atoms with Crippen LogP contribution in [0.25, 0.3) is 27.7 Å². The largest absolute Gasteiger partial charge is 0.496 e. The fourth-order valence-corrected chi connectivity index (χ4v) is 4.33. The number of furan rings is 1. The van der Waals surface area contributed by atoms with Gasteiger partial charge in [0.2, 0.25) is 5.91 Å². The minimum absolute atomic E-state index is 0.0999. The summed E-state index contributed by atoms with van der Waals surface area (Å²) in [5.74, 6) is 1.35. The highest BCUT2D eigenvalue weighted by Gasteiger charge is 2.24. The maximum atomic E-state index is 13.0. The molecule has 1 aromatic heterocycles. The Morgan fingerprint density at radius 3 is 2.33 bits per heavy atom. The molecule has 0 N–H and O–H groups in total. The third-order valence-electron chi connectivity index (χ3n) is 6.25. The first-order chi connectivity index (χ1) is 17.4. The molecule has 3 aromatic rings. The van der Waals surface area contributed by atoms with Crippen LogP contribution in [-0.4, -0.2) is 68.3 Å². The number of carbonyl (C=O) groups excluding carboxylic acids is 2. The zero-order chi connectivity index (χ0) is 25.7. The van der Waals surface area contributed by atoms with Crippen LogP contribution >= 0.6 is 0 Å². The molecule has 1 aliphatic heterocycles. The first kappa shape index (κ1) is 25.2. The summed E-state index contributed by atoms with van der Waals surface area (Å²) in [4.78, 5) is 28.3. The molecule has 36 heavy (non-hydrogen) atoms. The number of piperazine rings is 1. The number of rotatable bonds is 7. The van der Waals surface area contributed by atoms with E-state index in [0.29, 0.717) is 50.7 Å². The molecule has 0 radical (unpaired) electrons. The number of methoxy groups -OCH3 is 1. The summed E-state index contributed by atoms with van der Waals surface area (Å²) in [6, 6.07) is 11.7. The van der Waals surface area contributed by atoms with Gasteiger partial charge in [0.15, 0.2) is 0 Å². The van der Waals surface area contributed by atoms with Gasteiger partial charge in [0.1, 0.15) is 17.1 Å². The Hall–Kier alpha value is -3.94. The second-order valence-corrected chi connectivity index (χ2v) is 8.49. The quantitative estimate of drug-likeness (QED) is 0.421. The van der Waals surface area contributed by atoms with Crippen LogP contribution in [0.5, 0.6) is 11.5 Å². The van der Waals surface area contributed by atoms with Crippen LogP contribution < -0.4 is 9.47 Å². The molecule has 0 bridgehead atoms. The molecule has 0 spiro atoms. The van der Waals surface area contributed by atoms with Crippen molar-refractivity contribution in [1.29, 1.82) is 0 Å². The molecule has 0 unspecified atom stereocenters. The lowest BCUT2D eigenvalue weighted by atomic mass is 9.99. The van der Waals surface area contributed by atoms with E-state index < -0.39 is 0 Å². The predicted molar refractivity (Wildman–Crippen MR) is 138 cm³/mol. The van der Waals surface area contributed by atoms with Gasteiger partial charge in [-0.25, -0.2) is 4.79 Å². The first-order valence-corrected chi connectivity index (χ1v) is 12.2. The van der Waals surface area contributed by atoms with E-state index in [1.165, 1.54) is 0 Å². The van der Waals surface area contributed by atoms with Crippen LogP contribution in [0.2, 0.25) is 0 Å². The normalized spacial score (nSPS) is 14.2. The summed E-state index contributed by atoms with van der Waals surface area (Å²) in [7, 11) is 1.60. The third kappa shape index (κ3) is 5.32. The first-order valence-electron chi connectivity index (χ1n) is 12.2.